The van der Waals surface area contributed by atoms with Gasteiger partial charge in [-0.3, -0.25) is 19.2 Å². The molecular weight excluding hydrogens is 746 g/mol. The zero-order valence-corrected chi connectivity index (χ0v) is 32.8. The van der Waals surface area contributed by atoms with Crippen LogP contribution in [-0.2, 0) is 47.5 Å². The molecule has 0 spiro atoms. The van der Waals surface area contributed by atoms with Gasteiger partial charge in [0, 0.05) is 48.4 Å². The molecule has 0 saturated carbocycles. The van der Waals surface area contributed by atoms with Crippen LogP contribution in [0.2, 0.25) is 0 Å². The average Bonchev–Trinajstić information content (AvgIpc) is 3.13. The summed E-state index contributed by atoms with van der Waals surface area (Å²) >= 11 is 0. The normalized spacial score (nSPS) is 38.8. The maximum atomic E-state index is 13.9. The van der Waals surface area contributed by atoms with Crippen LogP contribution in [0, 0.1) is 0 Å². The Bertz CT molecular complexity index is 1980. The molecule has 57 heavy (non-hydrogen) atoms. The number of aromatic hydroxyl groups is 2. The maximum Gasteiger partial charge on any atom is 0.316 e. The summed E-state index contributed by atoms with van der Waals surface area (Å²) in [5.41, 5.74) is -2.51. The van der Waals surface area contributed by atoms with E-state index >= 15 is 0 Å². The van der Waals surface area contributed by atoms with E-state index in [1.807, 2.05) is 32.8 Å². The van der Waals surface area contributed by atoms with Crippen molar-refractivity contribution in [3.8, 4) is 11.5 Å². The van der Waals surface area contributed by atoms with Gasteiger partial charge in [0.05, 0.1) is 48.3 Å². The van der Waals surface area contributed by atoms with E-state index in [4.69, 9.17) is 37.9 Å². The number of phenols is 2. The molecule has 2 aromatic rings. The van der Waals surface area contributed by atoms with Crippen molar-refractivity contribution >= 4 is 23.3 Å². The van der Waals surface area contributed by atoms with Gasteiger partial charge in [0.15, 0.2) is 30.4 Å². The summed E-state index contributed by atoms with van der Waals surface area (Å²) in [5, 5.41) is 34.4. The smallest absolute Gasteiger partial charge is 0.316 e. The number of nitrogens with zero attached hydrogens (tertiary/aromatic N) is 1. The molecular formula is C41H49NO15. The molecule has 16 nitrogen and oxygen atoms in total. The average molecular weight is 796 g/mol. The summed E-state index contributed by atoms with van der Waals surface area (Å²) in [6, 6.07) is 5.14. The minimum absolute atomic E-state index is 0.0299. The van der Waals surface area contributed by atoms with Crippen molar-refractivity contribution in [3.63, 3.8) is 0 Å². The fourth-order valence-corrected chi connectivity index (χ4v) is 9.50. The van der Waals surface area contributed by atoms with Crippen molar-refractivity contribution in [2.24, 2.45) is 0 Å². The summed E-state index contributed by atoms with van der Waals surface area (Å²) in [6.07, 6.45) is -6.23. The predicted molar refractivity (Wildman–Crippen MR) is 195 cm³/mol. The first-order valence-electron chi connectivity index (χ1n) is 19.4. The third-order valence-electron chi connectivity index (χ3n) is 12.3. The number of carbonyl (C=O) groups excluding carboxylic acids is 4. The van der Waals surface area contributed by atoms with E-state index in [2.05, 4.69) is 0 Å². The Morgan fingerprint density at radius 3 is 2.32 bits per heavy atom. The zero-order valence-electron chi connectivity index (χ0n) is 32.8. The highest BCUT2D eigenvalue weighted by Gasteiger charge is 2.54. The van der Waals surface area contributed by atoms with Gasteiger partial charge in [0.25, 0.3) is 0 Å². The van der Waals surface area contributed by atoms with Gasteiger partial charge in [-0.2, -0.15) is 0 Å². The molecule has 0 radical (unpaired) electrons. The van der Waals surface area contributed by atoms with E-state index in [0.717, 1.165) is 0 Å². The van der Waals surface area contributed by atoms with Gasteiger partial charge < -0.3 is 58.1 Å². The monoisotopic (exact) mass is 795 g/mol. The molecule has 3 N–H and O–H groups in total. The molecule has 4 fully saturated rings. The van der Waals surface area contributed by atoms with E-state index in [9.17, 15) is 34.5 Å². The van der Waals surface area contributed by atoms with Gasteiger partial charge in [-0.1, -0.05) is 12.1 Å². The Labute approximate surface area is 329 Å². The second kappa shape index (κ2) is 14.8. The number of benzene rings is 2. The first-order valence-corrected chi connectivity index (χ1v) is 19.4. The Kier molecular flexibility index (Phi) is 10.4. The molecule has 2 aliphatic carbocycles. The number of phenolic OH excluding ortho intramolecular Hbond substituents is 2. The predicted octanol–water partition coefficient (Wildman–Crippen LogP) is 2.78. The van der Waals surface area contributed by atoms with Crippen LogP contribution in [0.15, 0.2) is 24.3 Å². The molecule has 308 valence electrons. The Balaban J connectivity index is 1.05. The largest absolute Gasteiger partial charge is 0.507 e. The van der Waals surface area contributed by atoms with Crippen molar-refractivity contribution < 1.29 is 72.4 Å². The standard InChI is InChI=1S/C41H49NO15/c1-16-24(44)13-26-40(53-16)57-38-18(3)52-29(14-25(38)54-26)56-37-17(2)51-28(12-22(37)42(5)6)55-27-15-41(4,49)33(39(48)50-7)20-11-21-32(36(47)31(20)27)35(46)30-19(34(21)45)9-8-10-23(30)43/h8-11,16-18,22,25-29,33,37-38,40,43,47,49H,12-15H2,1-7H3. The lowest BCUT2D eigenvalue weighted by Gasteiger charge is -2.51. The molecule has 0 amide bonds. The van der Waals surface area contributed by atoms with Gasteiger partial charge in [-0.25, -0.2) is 0 Å². The van der Waals surface area contributed by atoms with Crippen LogP contribution >= 0.6 is 0 Å². The van der Waals surface area contributed by atoms with Crippen LogP contribution in [0.4, 0.5) is 0 Å². The fraction of sp³-hybridized carbons (Fsp3) is 0.610. The number of esters is 1. The number of methoxy groups -OCH3 is 1. The van der Waals surface area contributed by atoms with Crippen molar-refractivity contribution in [3.05, 3.63) is 57.6 Å². The van der Waals surface area contributed by atoms with E-state index < -0.39 is 108 Å². The molecule has 8 rings (SSSR count). The summed E-state index contributed by atoms with van der Waals surface area (Å²) in [6.45, 7) is 6.86. The number of fused-ring (bicyclic) bond motifs is 5. The van der Waals surface area contributed by atoms with Gasteiger partial charge in [-0.15, -0.1) is 0 Å². The van der Waals surface area contributed by atoms with Gasteiger partial charge in [0.2, 0.25) is 5.78 Å². The zero-order chi connectivity index (χ0) is 40.8. The molecule has 0 bridgehead atoms. The molecule has 4 aliphatic heterocycles. The number of aliphatic hydroxyl groups is 1. The molecule has 14 atom stereocenters. The molecule has 0 aromatic heterocycles. The second-order valence-electron chi connectivity index (χ2n) is 16.4. The fourth-order valence-electron chi connectivity index (χ4n) is 9.50. The Morgan fingerprint density at radius 1 is 0.877 bits per heavy atom. The molecule has 16 heteroatoms. The first kappa shape index (κ1) is 40.0. The lowest BCUT2D eigenvalue weighted by molar-refractivity contribution is -0.371. The highest BCUT2D eigenvalue weighted by Crippen LogP contribution is 2.53. The van der Waals surface area contributed by atoms with Crippen LogP contribution in [0.1, 0.15) is 108 Å². The number of carbonyl (C=O) groups is 4. The van der Waals surface area contributed by atoms with Gasteiger partial charge in [0.1, 0.15) is 41.8 Å². The summed E-state index contributed by atoms with van der Waals surface area (Å²) in [7, 11) is 4.96. The van der Waals surface area contributed by atoms with E-state index in [1.54, 1.807) is 6.92 Å². The van der Waals surface area contributed by atoms with Crippen LogP contribution in [0.3, 0.4) is 0 Å². The SMILES string of the molecule is COC(=O)C1c2cc3c(c(O)c2C(OC2CC(N(C)C)C(OC4CC5OC6CC(=O)C(C)OC6OC5C(C)O4)C(C)O2)CC1(C)O)C(=O)c1c(O)cccc1C3=O. The van der Waals surface area contributed by atoms with Crippen molar-refractivity contribution in [1.82, 2.24) is 4.90 Å². The number of ether oxygens (including phenoxy) is 8. The van der Waals surface area contributed by atoms with Gasteiger partial charge >= 0.3 is 5.97 Å². The van der Waals surface area contributed by atoms with E-state index in [-0.39, 0.29) is 64.5 Å². The lowest BCUT2D eigenvalue weighted by Crippen LogP contribution is -2.62. The Morgan fingerprint density at radius 2 is 1.60 bits per heavy atom. The van der Waals surface area contributed by atoms with Crippen LogP contribution in [-0.4, -0.2) is 138 Å². The molecule has 4 saturated heterocycles. The third-order valence-corrected chi connectivity index (χ3v) is 12.3. The number of Topliss-reactive ketones (excluding diaryl/α,β-unsaturated/α-hetero) is 1. The number of rotatable bonds is 6. The number of hydrogen-bond acceptors (Lipinski definition) is 16. The van der Waals surface area contributed by atoms with Crippen molar-refractivity contribution in [1.29, 1.82) is 0 Å². The topological polar surface area (TPSA) is 206 Å². The highest BCUT2D eigenvalue weighted by atomic mass is 16.8. The van der Waals surface area contributed by atoms with E-state index in [1.165, 1.54) is 38.3 Å². The summed E-state index contributed by atoms with van der Waals surface area (Å²) < 4.78 is 49.4. The van der Waals surface area contributed by atoms with Crippen LogP contribution in [0.25, 0.3) is 0 Å². The van der Waals surface area contributed by atoms with Crippen molar-refractivity contribution in [2.45, 2.75) is 139 Å². The second-order valence-corrected chi connectivity index (χ2v) is 16.4. The summed E-state index contributed by atoms with van der Waals surface area (Å²) in [4.78, 5) is 55.3. The minimum atomic E-state index is -1.79. The van der Waals surface area contributed by atoms with Crippen molar-refractivity contribution in [2.75, 3.05) is 21.2 Å². The highest BCUT2D eigenvalue weighted by molar-refractivity contribution is 6.30. The van der Waals surface area contributed by atoms with Crippen LogP contribution < -0.4 is 0 Å². The quantitative estimate of drug-likeness (QED) is 0.307. The number of likely N-dealkylation sites (N-methyl/N-ethyl adjacent to an activating group) is 1. The summed E-state index contributed by atoms with van der Waals surface area (Å²) in [5.74, 6) is -4.64. The third kappa shape index (κ3) is 6.78. The minimum Gasteiger partial charge on any atom is -0.507 e. The molecule has 6 aliphatic rings. The molecule has 4 heterocycles. The molecule has 14 unspecified atom stereocenters. The first-order chi connectivity index (χ1) is 27.0. The number of ketones is 3. The molecule has 2 aromatic carbocycles. The lowest BCUT2D eigenvalue weighted by atomic mass is 9.68. The van der Waals surface area contributed by atoms with Crippen LogP contribution in [0.5, 0.6) is 11.5 Å². The van der Waals surface area contributed by atoms with Gasteiger partial charge in [-0.05, 0) is 59.5 Å². The Hall–Kier alpha value is -3.84. The maximum absolute atomic E-state index is 13.9. The number of hydrogen-bond donors (Lipinski definition) is 3. The van der Waals surface area contributed by atoms with E-state index in [0.29, 0.717) is 6.42 Å².